The van der Waals surface area contributed by atoms with Crippen molar-refractivity contribution in [2.75, 3.05) is 13.2 Å². The summed E-state index contributed by atoms with van der Waals surface area (Å²) in [6, 6.07) is 5.56. The Morgan fingerprint density at radius 1 is 1.53 bits per heavy atom. The molecule has 1 heterocycles. The first-order chi connectivity index (χ1) is 8.09. The van der Waals surface area contributed by atoms with E-state index >= 15 is 0 Å². The highest BCUT2D eigenvalue weighted by atomic mass is 79.9. The second-order valence-electron chi connectivity index (χ2n) is 4.79. The third-order valence-electron chi connectivity index (χ3n) is 3.14. The van der Waals surface area contributed by atoms with Gasteiger partial charge in [0.05, 0.1) is 10.1 Å². The topological polar surface area (TPSA) is 41.5 Å². The quantitative estimate of drug-likeness (QED) is 0.898. The lowest BCUT2D eigenvalue weighted by Gasteiger charge is -2.23. The maximum Gasteiger partial charge on any atom is 0.129 e. The second kappa shape index (κ2) is 5.38. The number of phenols is 1. The number of hydrogen-bond donors (Lipinski definition) is 2. The Morgan fingerprint density at radius 3 is 3.00 bits per heavy atom. The van der Waals surface area contributed by atoms with Crippen LogP contribution in [0.3, 0.4) is 0 Å². The van der Waals surface area contributed by atoms with Crippen molar-refractivity contribution in [2.45, 2.75) is 31.9 Å². The zero-order valence-electron chi connectivity index (χ0n) is 10.0. The third kappa shape index (κ3) is 3.44. The van der Waals surface area contributed by atoms with Gasteiger partial charge in [-0.2, -0.15) is 0 Å². The number of rotatable bonds is 4. The molecule has 1 fully saturated rings. The Balaban J connectivity index is 1.83. The maximum absolute atomic E-state index is 9.40. The lowest BCUT2D eigenvalue weighted by molar-refractivity contribution is 0.0207. The summed E-state index contributed by atoms with van der Waals surface area (Å²) in [5, 5.41) is 12.8. The van der Waals surface area contributed by atoms with E-state index in [1.54, 1.807) is 6.07 Å². The first kappa shape index (κ1) is 12.9. The van der Waals surface area contributed by atoms with E-state index in [2.05, 4.69) is 28.2 Å². The van der Waals surface area contributed by atoms with Crippen molar-refractivity contribution in [3.8, 4) is 5.75 Å². The predicted octanol–water partition coefficient (Wildman–Crippen LogP) is 2.81. The minimum Gasteiger partial charge on any atom is -0.507 e. The Labute approximate surface area is 110 Å². The van der Waals surface area contributed by atoms with Crippen LogP contribution in [-0.2, 0) is 11.3 Å². The lowest BCUT2D eigenvalue weighted by atomic mass is 10.0. The molecule has 1 aliphatic heterocycles. The third-order valence-corrected chi connectivity index (χ3v) is 3.78. The van der Waals surface area contributed by atoms with Crippen LogP contribution >= 0.6 is 15.9 Å². The smallest absolute Gasteiger partial charge is 0.129 e. The molecule has 1 aliphatic rings. The number of hydrogen-bond acceptors (Lipinski definition) is 3. The van der Waals surface area contributed by atoms with Gasteiger partial charge in [-0.3, -0.25) is 0 Å². The van der Waals surface area contributed by atoms with Crippen LogP contribution in [0.4, 0.5) is 0 Å². The van der Waals surface area contributed by atoms with E-state index in [9.17, 15) is 5.11 Å². The number of aromatic hydroxyl groups is 1. The minimum absolute atomic E-state index is 0.00580. The molecule has 0 amide bonds. The van der Waals surface area contributed by atoms with Gasteiger partial charge in [-0.25, -0.2) is 0 Å². The van der Waals surface area contributed by atoms with E-state index in [-0.39, 0.29) is 11.4 Å². The Morgan fingerprint density at radius 2 is 2.35 bits per heavy atom. The number of nitrogens with one attached hydrogen (secondary N) is 1. The van der Waals surface area contributed by atoms with Gasteiger partial charge >= 0.3 is 0 Å². The molecule has 0 spiro atoms. The molecule has 1 aromatic rings. The second-order valence-corrected chi connectivity index (χ2v) is 5.65. The SMILES string of the molecule is CC1(CNCc2ccc(O)c(Br)c2)CCCO1. The number of ether oxygens (including phenoxy) is 1. The van der Waals surface area contributed by atoms with Crippen LogP contribution in [0.1, 0.15) is 25.3 Å². The van der Waals surface area contributed by atoms with Gasteiger partial charge in [0, 0.05) is 19.7 Å². The van der Waals surface area contributed by atoms with E-state index in [4.69, 9.17) is 4.74 Å². The molecular formula is C13H18BrNO2. The molecule has 17 heavy (non-hydrogen) atoms. The molecule has 2 rings (SSSR count). The van der Waals surface area contributed by atoms with Crippen LogP contribution in [-0.4, -0.2) is 23.9 Å². The van der Waals surface area contributed by atoms with Gasteiger partial charge in [0.2, 0.25) is 0 Å². The standard InChI is InChI=1S/C13H18BrNO2/c1-13(5-2-6-17-13)9-15-8-10-3-4-12(16)11(14)7-10/h3-4,7,15-16H,2,5-6,8-9H2,1H3. The summed E-state index contributed by atoms with van der Waals surface area (Å²) in [5.74, 6) is 0.278. The summed E-state index contributed by atoms with van der Waals surface area (Å²) >= 11 is 3.31. The van der Waals surface area contributed by atoms with Gasteiger partial charge < -0.3 is 15.2 Å². The van der Waals surface area contributed by atoms with E-state index in [0.717, 1.165) is 42.6 Å². The van der Waals surface area contributed by atoms with Crippen LogP contribution in [0.25, 0.3) is 0 Å². The number of benzene rings is 1. The van der Waals surface area contributed by atoms with Gasteiger partial charge in [0.15, 0.2) is 0 Å². The first-order valence-electron chi connectivity index (χ1n) is 5.91. The lowest BCUT2D eigenvalue weighted by Crippen LogP contribution is -2.36. The molecule has 0 aliphatic carbocycles. The van der Waals surface area contributed by atoms with Crippen molar-refractivity contribution in [2.24, 2.45) is 0 Å². The van der Waals surface area contributed by atoms with Gasteiger partial charge in [-0.15, -0.1) is 0 Å². The highest BCUT2D eigenvalue weighted by Crippen LogP contribution is 2.25. The average Bonchev–Trinajstić information content (AvgIpc) is 2.71. The molecule has 4 heteroatoms. The van der Waals surface area contributed by atoms with Crippen LogP contribution in [0, 0.1) is 0 Å². The summed E-state index contributed by atoms with van der Waals surface area (Å²) in [5.41, 5.74) is 1.14. The molecule has 3 nitrogen and oxygen atoms in total. The summed E-state index contributed by atoms with van der Waals surface area (Å²) < 4.78 is 6.45. The van der Waals surface area contributed by atoms with Crippen molar-refractivity contribution >= 4 is 15.9 Å². The molecule has 1 saturated heterocycles. The van der Waals surface area contributed by atoms with E-state index < -0.39 is 0 Å². The van der Waals surface area contributed by atoms with Crippen molar-refractivity contribution < 1.29 is 9.84 Å². The molecule has 1 aromatic carbocycles. The fourth-order valence-electron chi connectivity index (χ4n) is 2.11. The van der Waals surface area contributed by atoms with E-state index in [1.165, 1.54) is 0 Å². The van der Waals surface area contributed by atoms with Crippen molar-refractivity contribution in [1.29, 1.82) is 0 Å². The predicted molar refractivity (Wildman–Crippen MR) is 71.1 cm³/mol. The highest BCUT2D eigenvalue weighted by molar-refractivity contribution is 9.10. The van der Waals surface area contributed by atoms with Gasteiger partial charge in [-0.05, 0) is 53.4 Å². The summed E-state index contributed by atoms with van der Waals surface area (Å²) in [6.45, 7) is 4.69. The Kier molecular flexibility index (Phi) is 4.07. The van der Waals surface area contributed by atoms with Crippen molar-refractivity contribution in [1.82, 2.24) is 5.32 Å². The van der Waals surface area contributed by atoms with Gasteiger partial charge in [0.25, 0.3) is 0 Å². The van der Waals surface area contributed by atoms with Gasteiger partial charge in [0.1, 0.15) is 5.75 Å². The van der Waals surface area contributed by atoms with Crippen LogP contribution in [0.15, 0.2) is 22.7 Å². The molecular weight excluding hydrogens is 282 g/mol. The molecule has 1 atom stereocenters. The summed E-state index contributed by atoms with van der Waals surface area (Å²) in [7, 11) is 0. The van der Waals surface area contributed by atoms with Crippen molar-refractivity contribution in [3.63, 3.8) is 0 Å². The zero-order valence-corrected chi connectivity index (χ0v) is 11.6. The maximum atomic E-state index is 9.40. The first-order valence-corrected chi connectivity index (χ1v) is 6.70. The van der Waals surface area contributed by atoms with Crippen LogP contribution in [0.2, 0.25) is 0 Å². The Bertz CT molecular complexity index is 389. The number of phenolic OH excluding ortho intramolecular Hbond substituents is 1. The minimum atomic E-state index is -0.00580. The van der Waals surface area contributed by atoms with E-state index in [0.29, 0.717) is 0 Å². The van der Waals surface area contributed by atoms with Gasteiger partial charge in [-0.1, -0.05) is 6.07 Å². The average molecular weight is 300 g/mol. The van der Waals surface area contributed by atoms with Crippen LogP contribution < -0.4 is 5.32 Å². The fourth-order valence-corrected chi connectivity index (χ4v) is 2.53. The molecule has 94 valence electrons. The monoisotopic (exact) mass is 299 g/mol. The summed E-state index contributed by atoms with van der Waals surface area (Å²) in [4.78, 5) is 0. The molecule has 0 aromatic heterocycles. The Hall–Kier alpha value is -0.580. The van der Waals surface area contributed by atoms with E-state index in [1.807, 2.05) is 12.1 Å². The molecule has 0 saturated carbocycles. The largest absolute Gasteiger partial charge is 0.507 e. The number of halogens is 1. The molecule has 2 N–H and O–H groups in total. The molecule has 1 unspecified atom stereocenters. The molecule has 0 bridgehead atoms. The highest BCUT2D eigenvalue weighted by Gasteiger charge is 2.28. The fraction of sp³-hybridized carbons (Fsp3) is 0.538. The van der Waals surface area contributed by atoms with Crippen LogP contribution in [0.5, 0.6) is 5.75 Å². The zero-order chi connectivity index (χ0) is 12.3. The van der Waals surface area contributed by atoms with Crippen molar-refractivity contribution in [3.05, 3.63) is 28.2 Å². The molecule has 0 radical (unpaired) electrons. The normalized spacial score (nSPS) is 24.1. The summed E-state index contributed by atoms with van der Waals surface area (Å²) in [6.07, 6.45) is 2.28.